The molecular weight excluding hydrogens is 412 g/mol. The van der Waals surface area contributed by atoms with Gasteiger partial charge in [0.05, 0.1) is 12.1 Å². The standard InChI is InChI=1S/C27H34N4O2/c1-31(2)25-19-26(30-24-12-7-6-11-23(24)25)28-20-14-16-21(17-15-20)29-27(32)13-8-18-33-22-9-4-3-5-10-22/h3-7,9-12,19-21H,8,13-18H2,1-2H3,(H,28,30)(H,29,32). The van der Waals surface area contributed by atoms with Crippen LogP contribution in [0.1, 0.15) is 38.5 Å². The van der Waals surface area contributed by atoms with Gasteiger partial charge in [0.15, 0.2) is 0 Å². The molecule has 0 radical (unpaired) electrons. The molecule has 6 nitrogen and oxygen atoms in total. The summed E-state index contributed by atoms with van der Waals surface area (Å²) in [6.45, 7) is 0.557. The molecule has 1 fully saturated rings. The minimum atomic E-state index is 0.120. The Morgan fingerprint density at radius 2 is 1.70 bits per heavy atom. The van der Waals surface area contributed by atoms with Crippen molar-refractivity contribution < 1.29 is 9.53 Å². The molecule has 0 bridgehead atoms. The van der Waals surface area contributed by atoms with E-state index in [4.69, 9.17) is 9.72 Å². The minimum absolute atomic E-state index is 0.120. The summed E-state index contributed by atoms with van der Waals surface area (Å²) in [5, 5.41) is 8.00. The normalized spacial score (nSPS) is 18.0. The Bertz CT molecular complexity index is 1050. The number of carbonyl (C=O) groups excluding carboxylic acids is 1. The molecule has 0 saturated heterocycles. The monoisotopic (exact) mass is 446 g/mol. The van der Waals surface area contributed by atoms with Crippen LogP contribution in [0, 0.1) is 0 Å². The predicted octanol–water partition coefficient (Wildman–Crippen LogP) is 5.00. The van der Waals surface area contributed by atoms with Crippen molar-refractivity contribution in [3.05, 3.63) is 60.7 Å². The van der Waals surface area contributed by atoms with Gasteiger partial charge in [0.25, 0.3) is 0 Å². The number of fused-ring (bicyclic) bond motifs is 1. The first-order chi connectivity index (χ1) is 16.1. The molecule has 2 N–H and O–H groups in total. The lowest BCUT2D eigenvalue weighted by Crippen LogP contribution is -2.40. The largest absolute Gasteiger partial charge is 0.494 e. The Labute approximate surface area is 196 Å². The minimum Gasteiger partial charge on any atom is -0.494 e. The van der Waals surface area contributed by atoms with Gasteiger partial charge in [-0.05, 0) is 50.3 Å². The topological polar surface area (TPSA) is 66.5 Å². The Kier molecular flexibility index (Phi) is 7.66. The molecule has 1 amide bonds. The van der Waals surface area contributed by atoms with Crippen molar-refractivity contribution in [2.24, 2.45) is 0 Å². The second kappa shape index (κ2) is 11.0. The fourth-order valence-corrected chi connectivity index (χ4v) is 4.43. The highest BCUT2D eigenvalue weighted by atomic mass is 16.5. The number of nitrogens with one attached hydrogen (secondary N) is 2. The SMILES string of the molecule is CN(C)c1cc(NC2CCC(NC(=O)CCCOc3ccccc3)CC2)nc2ccccc12. The van der Waals surface area contributed by atoms with Gasteiger partial charge in [0.1, 0.15) is 11.6 Å². The van der Waals surface area contributed by atoms with E-state index in [9.17, 15) is 4.79 Å². The van der Waals surface area contributed by atoms with E-state index in [1.54, 1.807) is 0 Å². The highest BCUT2D eigenvalue weighted by Gasteiger charge is 2.23. The number of rotatable bonds is 9. The number of aromatic nitrogens is 1. The lowest BCUT2D eigenvalue weighted by Gasteiger charge is -2.30. The van der Waals surface area contributed by atoms with Gasteiger partial charge in [-0.25, -0.2) is 4.98 Å². The van der Waals surface area contributed by atoms with E-state index in [1.807, 2.05) is 36.4 Å². The van der Waals surface area contributed by atoms with E-state index in [0.29, 0.717) is 19.1 Å². The third-order valence-electron chi connectivity index (χ3n) is 6.18. The number of para-hydroxylation sites is 2. The maximum atomic E-state index is 12.3. The average Bonchev–Trinajstić information content (AvgIpc) is 2.83. The molecule has 6 heteroatoms. The first-order valence-electron chi connectivity index (χ1n) is 11.9. The van der Waals surface area contributed by atoms with Gasteiger partial charge in [-0.1, -0.05) is 36.4 Å². The van der Waals surface area contributed by atoms with Gasteiger partial charge in [-0.15, -0.1) is 0 Å². The van der Waals surface area contributed by atoms with Gasteiger partial charge >= 0.3 is 0 Å². The summed E-state index contributed by atoms with van der Waals surface area (Å²) >= 11 is 0. The summed E-state index contributed by atoms with van der Waals surface area (Å²) in [5.74, 6) is 1.89. The lowest BCUT2D eigenvalue weighted by molar-refractivity contribution is -0.122. The molecule has 1 aliphatic carbocycles. The molecule has 3 aromatic rings. The zero-order valence-corrected chi connectivity index (χ0v) is 19.6. The van der Waals surface area contributed by atoms with E-state index in [1.165, 1.54) is 5.69 Å². The molecular formula is C27H34N4O2. The second-order valence-electron chi connectivity index (χ2n) is 8.96. The van der Waals surface area contributed by atoms with E-state index >= 15 is 0 Å². The summed E-state index contributed by atoms with van der Waals surface area (Å²) in [5.41, 5.74) is 2.17. The van der Waals surface area contributed by atoms with Crippen LogP contribution in [-0.2, 0) is 4.79 Å². The number of pyridine rings is 1. The van der Waals surface area contributed by atoms with Crippen molar-refractivity contribution in [3.63, 3.8) is 0 Å². The third kappa shape index (κ3) is 6.37. The van der Waals surface area contributed by atoms with E-state index in [2.05, 4.69) is 53.9 Å². The number of benzene rings is 2. The molecule has 1 saturated carbocycles. The van der Waals surface area contributed by atoms with E-state index < -0.39 is 0 Å². The van der Waals surface area contributed by atoms with Crippen LogP contribution >= 0.6 is 0 Å². The smallest absolute Gasteiger partial charge is 0.220 e. The molecule has 0 aliphatic heterocycles. The van der Waals surface area contributed by atoms with Crippen LogP contribution < -0.4 is 20.3 Å². The van der Waals surface area contributed by atoms with Crippen molar-refractivity contribution in [1.29, 1.82) is 0 Å². The fourth-order valence-electron chi connectivity index (χ4n) is 4.43. The number of amides is 1. The maximum absolute atomic E-state index is 12.3. The van der Waals surface area contributed by atoms with Crippen molar-refractivity contribution in [1.82, 2.24) is 10.3 Å². The summed E-state index contributed by atoms with van der Waals surface area (Å²) in [6, 6.07) is 20.7. The number of anilines is 2. The van der Waals surface area contributed by atoms with Gasteiger partial charge in [-0.3, -0.25) is 4.79 Å². The van der Waals surface area contributed by atoms with Gasteiger partial charge in [-0.2, -0.15) is 0 Å². The van der Waals surface area contributed by atoms with Crippen LogP contribution in [0.4, 0.5) is 11.5 Å². The van der Waals surface area contributed by atoms with Crippen molar-refractivity contribution in [2.75, 3.05) is 30.9 Å². The molecule has 0 spiro atoms. The molecule has 0 atom stereocenters. The molecule has 1 aromatic heterocycles. The Morgan fingerprint density at radius 1 is 1.00 bits per heavy atom. The average molecular weight is 447 g/mol. The summed E-state index contributed by atoms with van der Waals surface area (Å²) < 4.78 is 5.67. The summed E-state index contributed by atoms with van der Waals surface area (Å²) in [4.78, 5) is 19.3. The number of ether oxygens (including phenoxy) is 1. The van der Waals surface area contributed by atoms with Gasteiger partial charge < -0.3 is 20.3 Å². The van der Waals surface area contributed by atoms with Crippen LogP contribution in [0.2, 0.25) is 0 Å². The molecule has 1 heterocycles. The highest BCUT2D eigenvalue weighted by molar-refractivity contribution is 5.93. The third-order valence-corrected chi connectivity index (χ3v) is 6.18. The predicted molar refractivity (Wildman–Crippen MR) is 135 cm³/mol. The molecule has 33 heavy (non-hydrogen) atoms. The number of hydrogen-bond donors (Lipinski definition) is 2. The van der Waals surface area contributed by atoms with Crippen molar-refractivity contribution >= 4 is 28.3 Å². The summed E-state index contributed by atoms with van der Waals surface area (Å²) in [6.07, 6.45) is 5.23. The zero-order chi connectivity index (χ0) is 23.0. The molecule has 1 aliphatic rings. The van der Waals surface area contributed by atoms with E-state index in [0.717, 1.165) is 54.6 Å². The van der Waals surface area contributed by atoms with E-state index in [-0.39, 0.29) is 11.9 Å². The molecule has 174 valence electrons. The molecule has 2 aromatic carbocycles. The first-order valence-corrected chi connectivity index (χ1v) is 11.9. The number of nitrogens with zero attached hydrogens (tertiary/aromatic N) is 2. The Hall–Kier alpha value is -3.28. The van der Waals surface area contributed by atoms with Crippen LogP contribution in [0.5, 0.6) is 5.75 Å². The van der Waals surface area contributed by atoms with Gasteiger partial charge in [0.2, 0.25) is 5.91 Å². The molecule has 4 rings (SSSR count). The maximum Gasteiger partial charge on any atom is 0.220 e. The van der Waals surface area contributed by atoms with Crippen LogP contribution in [0.3, 0.4) is 0 Å². The summed E-state index contributed by atoms with van der Waals surface area (Å²) in [7, 11) is 4.13. The number of carbonyl (C=O) groups is 1. The highest BCUT2D eigenvalue weighted by Crippen LogP contribution is 2.29. The quantitative estimate of drug-likeness (QED) is 0.453. The van der Waals surface area contributed by atoms with Crippen LogP contribution in [0.25, 0.3) is 10.9 Å². The fraction of sp³-hybridized carbons (Fsp3) is 0.407. The van der Waals surface area contributed by atoms with Crippen LogP contribution in [-0.4, -0.2) is 43.7 Å². The van der Waals surface area contributed by atoms with Crippen molar-refractivity contribution in [3.8, 4) is 5.75 Å². The number of hydrogen-bond acceptors (Lipinski definition) is 5. The van der Waals surface area contributed by atoms with Crippen LogP contribution in [0.15, 0.2) is 60.7 Å². The Balaban J connectivity index is 1.21. The molecule has 0 unspecified atom stereocenters. The second-order valence-corrected chi connectivity index (χ2v) is 8.96. The lowest BCUT2D eigenvalue weighted by atomic mass is 9.91. The Morgan fingerprint density at radius 3 is 2.45 bits per heavy atom. The van der Waals surface area contributed by atoms with Gasteiger partial charge in [0, 0.05) is 49.7 Å². The van der Waals surface area contributed by atoms with Crippen molar-refractivity contribution in [2.45, 2.75) is 50.6 Å². The zero-order valence-electron chi connectivity index (χ0n) is 19.6. The first kappa shape index (κ1) is 22.9.